The predicted octanol–water partition coefficient (Wildman–Crippen LogP) is 3.97. The van der Waals surface area contributed by atoms with Gasteiger partial charge in [-0.05, 0) is 39.3 Å². The van der Waals surface area contributed by atoms with Crippen molar-refractivity contribution in [3.63, 3.8) is 0 Å². The Kier molecular flexibility index (Phi) is 7.42. The van der Waals surface area contributed by atoms with Crippen LogP contribution in [0.15, 0.2) is 24.3 Å². The lowest BCUT2D eigenvalue weighted by atomic mass is 10.1. The molecule has 0 radical (unpaired) electrons. The Morgan fingerprint density at radius 3 is 2.61 bits per heavy atom. The zero-order valence-electron chi connectivity index (χ0n) is 14.2. The molecule has 6 heteroatoms. The van der Waals surface area contributed by atoms with Crippen LogP contribution in [0.2, 0.25) is 0 Å². The SMILES string of the molecule is CCN(CCNCc1cccc(C(F)F)c1)C(=O)OC(C)(C)C. The molecule has 0 aliphatic rings. The zero-order chi connectivity index (χ0) is 17.5. The molecule has 0 spiro atoms. The Morgan fingerprint density at radius 1 is 1.35 bits per heavy atom. The minimum absolute atomic E-state index is 0.0215. The van der Waals surface area contributed by atoms with E-state index in [-0.39, 0.29) is 11.7 Å². The molecule has 0 bridgehead atoms. The third-order valence-corrected chi connectivity index (χ3v) is 3.12. The van der Waals surface area contributed by atoms with E-state index in [1.807, 2.05) is 27.7 Å². The van der Waals surface area contributed by atoms with Gasteiger partial charge in [0.15, 0.2) is 0 Å². The average Bonchev–Trinajstić information content (AvgIpc) is 2.45. The highest BCUT2D eigenvalue weighted by Crippen LogP contribution is 2.19. The molecule has 1 aromatic carbocycles. The fourth-order valence-electron chi connectivity index (χ4n) is 1.99. The number of carbonyl (C=O) groups is 1. The van der Waals surface area contributed by atoms with Gasteiger partial charge < -0.3 is 15.0 Å². The molecule has 0 unspecified atom stereocenters. The van der Waals surface area contributed by atoms with E-state index in [1.165, 1.54) is 12.1 Å². The lowest BCUT2D eigenvalue weighted by Gasteiger charge is -2.26. The molecule has 1 rings (SSSR count). The number of rotatable bonds is 7. The normalized spacial score (nSPS) is 11.6. The van der Waals surface area contributed by atoms with Crippen LogP contribution < -0.4 is 5.32 Å². The van der Waals surface area contributed by atoms with Gasteiger partial charge in [0.05, 0.1) is 0 Å². The van der Waals surface area contributed by atoms with E-state index in [9.17, 15) is 13.6 Å². The summed E-state index contributed by atoms with van der Waals surface area (Å²) < 4.78 is 30.6. The first-order chi connectivity index (χ1) is 10.7. The molecule has 1 amide bonds. The van der Waals surface area contributed by atoms with Crippen molar-refractivity contribution in [3.8, 4) is 0 Å². The van der Waals surface area contributed by atoms with Crippen LogP contribution in [0.1, 0.15) is 45.2 Å². The van der Waals surface area contributed by atoms with Gasteiger partial charge in [0, 0.05) is 31.7 Å². The molecule has 0 atom stereocenters. The molecule has 4 nitrogen and oxygen atoms in total. The smallest absolute Gasteiger partial charge is 0.410 e. The molecule has 0 saturated heterocycles. The minimum Gasteiger partial charge on any atom is -0.444 e. The first kappa shape index (κ1) is 19.4. The van der Waals surface area contributed by atoms with E-state index >= 15 is 0 Å². The van der Waals surface area contributed by atoms with Crippen LogP contribution in [0.5, 0.6) is 0 Å². The average molecular weight is 328 g/mol. The number of carbonyl (C=O) groups excluding carboxylic acids is 1. The largest absolute Gasteiger partial charge is 0.444 e. The van der Waals surface area contributed by atoms with Crippen LogP contribution in [-0.2, 0) is 11.3 Å². The third-order valence-electron chi connectivity index (χ3n) is 3.12. The molecule has 23 heavy (non-hydrogen) atoms. The van der Waals surface area contributed by atoms with Crippen molar-refractivity contribution in [3.05, 3.63) is 35.4 Å². The summed E-state index contributed by atoms with van der Waals surface area (Å²) >= 11 is 0. The number of halogens is 2. The first-order valence-corrected chi connectivity index (χ1v) is 7.78. The lowest BCUT2D eigenvalue weighted by Crippen LogP contribution is -2.40. The fourth-order valence-corrected chi connectivity index (χ4v) is 1.99. The fraction of sp³-hybridized carbons (Fsp3) is 0.588. The van der Waals surface area contributed by atoms with Crippen molar-refractivity contribution < 1.29 is 18.3 Å². The maximum Gasteiger partial charge on any atom is 0.410 e. The Hall–Kier alpha value is -1.69. The molecule has 0 aliphatic carbocycles. The molecule has 0 saturated carbocycles. The van der Waals surface area contributed by atoms with E-state index in [4.69, 9.17) is 4.74 Å². The van der Waals surface area contributed by atoms with E-state index in [2.05, 4.69) is 5.32 Å². The monoisotopic (exact) mass is 328 g/mol. The van der Waals surface area contributed by atoms with Crippen molar-refractivity contribution in [2.45, 2.75) is 46.3 Å². The van der Waals surface area contributed by atoms with Gasteiger partial charge in [0.2, 0.25) is 0 Å². The Labute approximate surface area is 136 Å². The molecule has 0 aromatic heterocycles. The summed E-state index contributed by atoms with van der Waals surface area (Å²) in [7, 11) is 0. The quantitative estimate of drug-likeness (QED) is 0.770. The van der Waals surface area contributed by atoms with Gasteiger partial charge in [0.25, 0.3) is 6.43 Å². The molecule has 0 aliphatic heterocycles. The first-order valence-electron chi connectivity index (χ1n) is 7.78. The summed E-state index contributed by atoms with van der Waals surface area (Å²) in [4.78, 5) is 13.6. The second-order valence-corrected chi connectivity index (χ2v) is 6.28. The van der Waals surface area contributed by atoms with Gasteiger partial charge in [-0.3, -0.25) is 0 Å². The topological polar surface area (TPSA) is 41.6 Å². The van der Waals surface area contributed by atoms with E-state index in [1.54, 1.807) is 17.0 Å². The van der Waals surface area contributed by atoms with Gasteiger partial charge >= 0.3 is 6.09 Å². The Morgan fingerprint density at radius 2 is 2.04 bits per heavy atom. The number of nitrogens with one attached hydrogen (secondary N) is 1. The molecule has 0 fully saturated rings. The van der Waals surface area contributed by atoms with Crippen molar-refractivity contribution >= 4 is 6.09 Å². The Balaban J connectivity index is 2.40. The second-order valence-electron chi connectivity index (χ2n) is 6.28. The molecule has 1 aromatic rings. The zero-order valence-corrected chi connectivity index (χ0v) is 14.2. The summed E-state index contributed by atoms with van der Waals surface area (Å²) in [6.45, 7) is 9.46. The number of hydrogen-bond donors (Lipinski definition) is 1. The third kappa shape index (κ3) is 7.41. The van der Waals surface area contributed by atoms with Gasteiger partial charge in [0.1, 0.15) is 5.60 Å². The second kappa shape index (κ2) is 8.82. The van der Waals surface area contributed by atoms with Crippen LogP contribution in [0.4, 0.5) is 13.6 Å². The predicted molar refractivity (Wildman–Crippen MR) is 86.6 cm³/mol. The molecule has 1 N–H and O–H groups in total. The lowest BCUT2D eigenvalue weighted by molar-refractivity contribution is 0.0262. The summed E-state index contributed by atoms with van der Waals surface area (Å²) in [6.07, 6.45) is -2.81. The number of likely N-dealkylation sites (N-methyl/N-ethyl adjacent to an activating group) is 1. The van der Waals surface area contributed by atoms with Gasteiger partial charge in [-0.1, -0.05) is 18.2 Å². The summed E-state index contributed by atoms with van der Waals surface area (Å²) in [5.41, 5.74) is 0.296. The van der Waals surface area contributed by atoms with Crippen molar-refractivity contribution in [1.82, 2.24) is 10.2 Å². The van der Waals surface area contributed by atoms with Gasteiger partial charge in [-0.15, -0.1) is 0 Å². The van der Waals surface area contributed by atoms with E-state index < -0.39 is 12.0 Å². The highest BCUT2D eigenvalue weighted by Gasteiger charge is 2.20. The van der Waals surface area contributed by atoms with E-state index in [0.29, 0.717) is 26.2 Å². The van der Waals surface area contributed by atoms with Crippen molar-refractivity contribution in [1.29, 1.82) is 0 Å². The van der Waals surface area contributed by atoms with Gasteiger partial charge in [-0.2, -0.15) is 0 Å². The highest BCUT2D eigenvalue weighted by atomic mass is 19.3. The number of ether oxygens (including phenoxy) is 1. The number of benzene rings is 1. The summed E-state index contributed by atoms with van der Waals surface area (Å²) in [5.74, 6) is 0. The van der Waals surface area contributed by atoms with Crippen molar-refractivity contribution in [2.75, 3.05) is 19.6 Å². The molecule has 0 heterocycles. The molecular formula is C17H26F2N2O2. The summed E-state index contributed by atoms with van der Waals surface area (Å²) in [6, 6.07) is 6.32. The number of hydrogen-bond acceptors (Lipinski definition) is 3. The Bertz CT molecular complexity index is 502. The summed E-state index contributed by atoms with van der Waals surface area (Å²) in [5, 5.41) is 3.16. The maximum atomic E-state index is 12.6. The van der Waals surface area contributed by atoms with Gasteiger partial charge in [-0.25, -0.2) is 13.6 Å². The van der Waals surface area contributed by atoms with Crippen LogP contribution in [-0.4, -0.2) is 36.2 Å². The van der Waals surface area contributed by atoms with Crippen molar-refractivity contribution in [2.24, 2.45) is 0 Å². The van der Waals surface area contributed by atoms with E-state index in [0.717, 1.165) is 5.56 Å². The van der Waals surface area contributed by atoms with Crippen LogP contribution in [0, 0.1) is 0 Å². The maximum absolute atomic E-state index is 12.6. The number of amides is 1. The van der Waals surface area contributed by atoms with Crippen LogP contribution >= 0.6 is 0 Å². The number of alkyl halides is 2. The highest BCUT2D eigenvalue weighted by molar-refractivity contribution is 5.68. The molecular weight excluding hydrogens is 302 g/mol. The van der Waals surface area contributed by atoms with Crippen LogP contribution in [0.25, 0.3) is 0 Å². The standard InChI is InChI=1S/C17H26F2N2O2/c1-5-21(16(22)23-17(2,3)4)10-9-20-12-13-7-6-8-14(11-13)15(18)19/h6-8,11,15,20H,5,9-10,12H2,1-4H3. The van der Waals surface area contributed by atoms with Crippen LogP contribution in [0.3, 0.4) is 0 Å². The minimum atomic E-state index is -2.46. The number of nitrogens with zero attached hydrogens (tertiary/aromatic N) is 1. The molecule has 130 valence electrons.